The van der Waals surface area contributed by atoms with Gasteiger partial charge in [-0.3, -0.25) is 4.79 Å². The fourth-order valence-corrected chi connectivity index (χ4v) is 6.42. The van der Waals surface area contributed by atoms with Crippen molar-refractivity contribution in [1.29, 1.82) is 0 Å². The van der Waals surface area contributed by atoms with E-state index in [1.54, 1.807) is 36.4 Å². The molecule has 1 atom stereocenters. The first kappa shape index (κ1) is 20.8. The van der Waals surface area contributed by atoms with E-state index in [2.05, 4.69) is 31.9 Å². The minimum Gasteiger partial charge on any atom is -0.289 e. The molecule has 0 amide bonds. The van der Waals surface area contributed by atoms with Crippen molar-refractivity contribution < 1.29 is 14.2 Å². The molecule has 3 rings (SSSR count). The molecule has 0 radical (unpaired) electrons. The molecular formula is C22H16Br2O3P+. The van der Waals surface area contributed by atoms with Gasteiger partial charge in [0.25, 0.3) is 0 Å². The topological polar surface area (TPSA) is 51.2 Å². The van der Waals surface area contributed by atoms with Crippen LogP contribution in [0.4, 0.5) is 0 Å². The summed E-state index contributed by atoms with van der Waals surface area (Å²) in [6, 6.07) is 17.7. The normalized spacial score (nSPS) is 11.2. The number of carbonyl (C=O) groups is 2. The minimum absolute atomic E-state index is 0.204. The van der Waals surface area contributed by atoms with Crippen LogP contribution in [0.1, 0.15) is 37.4 Å². The zero-order chi connectivity index (χ0) is 20.4. The van der Waals surface area contributed by atoms with Gasteiger partial charge in [-0.1, -0.05) is 53.1 Å². The van der Waals surface area contributed by atoms with E-state index >= 15 is 0 Å². The van der Waals surface area contributed by atoms with Crippen LogP contribution in [0.5, 0.6) is 0 Å². The highest BCUT2D eigenvalue weighted by Crippen LogP contribution is 2.37. The van der Waals surface area contributed by atoms with Crippen molar-refractivity contribution >= 4 is 56.3 Å². The number of rotatable bonds is 5. The van der Waals surface area contributed by atoms with Gasteiger partial charge in [-0.2, -0.15) is 0 Å². The van der Waals surface area contributed by atoms with Crippen molar-refractivity contribution in [3.05, 3.63) is 97.4 Å². The number of carbonyl (C=O) groups excluding carboxylic acids is 2. The molecule has 0 saturated carbocycles. The molecule has 0 aliphatic rings. The number of benzene rings is 3. The van der Waals surface area contributed by atoms with Crippen LogP contribution in [0.15, 0.2) is 69.6 Å². The van der Waals surface area contributed by atoms with Crippen molar-refractivity contribution in [1.82, 2.24) is 0 Å². The molecule has 140 valence electrons. The second kappa shape index (κ2) is 8.60. The summed E-state index contributed by atoms with van der Waals surface area (Å²) in [7, 11) is -2.43. The van der Waals surface area contributed by atoms with E-state index in [4.69, 9.17) is 0 Å². The Balaban J connectivity index is 2.08. The van der Waals surface area contributed by atoms with Gasteiger partial charge in [0.2, 0.25) is 5.30 Å². The Hall–Kier alpha value is -1.94. The summed E-state index contributed by atoms with van der Waals surface area (Å²) >= 11 is 6.81. The van der Waals surface area contributed by atoms with E-state index in [0.29, 0.717) is 30.9 Å². The molecular weight excluding hydrogens is 503 g/mol. The molecule has 0 aliphatic heterocycles. The third kappa shape index (κ3) is 3.93. The molecule has 3 aromatic rings. The zero-order valence-electron chi connectivity index (χ0n) is 15.2. The van der Waals surface area contributed by atoms with Crippen molar-refractivity contribution in [2.75, 3.05) is 0 Å². The van der Waals surface area contributed by atoms with E-state index in [-0.39, 0.29) is 5.78 Å². The SMILES string of the molecule is Cc1cccc(C)c1C(=O)[P+](=O)c1c(Br)ccc(C(=O)c2ccccc2)c1Br. The number of ketones is 1. The van der Waals surface area contributed by atoms with Crippen molar-refractivity contribution in [2.24, 2.45) is 0 Å². The van der Waals surface area contributed by atoms with E-state index in [9.17, 15) is 14.2 Å². The fourth-order valence-electron chi connectivity index (χ4n) is 3.00. The summed E-state index contributed by atoms with van der Waals surface area (Å²) < 4.78 is 14.1. The predicted molar refractivity (Wildman–Crippen MR) is 119 cm³/mol. The number of aryl methyl sites for hydroxylation is 2. The fraction of sp³-hybridized carbons (Fsp3) is 0.0909. The second-order valence-corrected chi connectivity index (χ2v) is 9.41. The Morgan fingerprint density at radius 1 is 0.821 bits per heavy atom. The molecule has 0 spiro atoms. The number of hydrogen-bond acceptors (Lipinski definition) is 3. The van der Waals surface area contributed by atoms with Crippen LogP contribution in [-0.4, -0.2) is 11.3 Å². The van der Waals surface area contributed by atoms with Gasteiger partial charge in [-0.05, 0) is 69.0 Å². The maximum absolute atomic E-state index is 13.2. The lowest BCUT2D eigenvalue weighted by molar-refractivity contribution is 0.103. The summed E-state index contributed by atoms with van der Waals surface area (Å²) in [5, 5.41) is 0.296. The van der Waals surface area contributed by atoms with Gasteiger partial charge in [0.05, 0.1) is 14.5 Å². The van der Waals surface area contributed by atoms with Gasteiger partial charge in [-0.25, -0.2) is 4.79 Å². The van der Waals surface area contributed by atoms with Crippen molar-refractivity contribution in [3.63, 3.8) is 0 Å². The summed E-state index contributed by atoms with van der Waals surface area (Å²) in [6.07, 6.45) is 0. The van der Waals surface area contributed by atoms with Crippen LogP contribution < -0.4 is 5.30 Å². The Morgan fingerprint density at radius 3 is 2.04 bits per heavy atom. The lowest BCUT2D eigenvalue weighted by Gasteiger charge is -2.07. The lowest BCUT2D eigenvalue weighted by atomic mass is 10.0. The summed E-state index contributed by atoms with van der Waals surface area (Å²) in [5.41, 5.74) is 2.45. The molecule has 6 heteroatoms. The van der Waals surface area contributed by atoms with Crippen molar-refractivity contribution in [3.8, 4) is 0 Å². The standard InChI is InChI=1S/C22H16Br2O3P/c1-13-7-6-8-14(2)18(13)22(26)28(27)21-17(23)12-11-16(19(21)24)20(25)15-9-4-3-5-10-15/h3-12H,1-2H3/q+1. The van der Waals surface area contributed by atoms with Crippen LogP contribution in [0, 0.1) is 13.8 Å². The van der Waals surface area contributed by atoms with Crippen LogP contribution >= 0.6 is 39.7 Å². The molecule has 0 heterocycles. The van der Waals surface area contributed by atoms with Crippen LogP contribution in [-0.2, 0) is 4.57 Å². The number of hydrogen-bond donors (Lipinski definition) is 0. The summed E-state index contributed by atoms with van der Waals surface area (Å²) in [5.74, 6) is -0.204. The van der Waals surface area contributed by atoms with Gasteiger partial charge in [0.15, 0.2) is 5.78 Å². The first-order chi connectivity index (χ1) is 13.3. The van der Waals surface area contributed by atoms with Crippen LogP contribution in [0.2, 0.25) is 0 Å². The molecule has 0 aromatic heterocycles. The Morgan fingerprint density at radius 2 is 1.43 bits per heavy atom. The Bertz CT molecular complexity index is 1090. The van der Waals surface area contributed by atoms with E-state index in [1.807, 2.05) is 38.1 Å². The largest absolute Gasteiger partial charge is 0.461 e. The van der Waals surface area contributed by atoms with Gasteiger partial charge < -0.3 is 0 Å². The summed E-state index contributed by atoms with van der Waals surface area (Å²) in [6.45, 7) is 3.64. The molecule has 0 bridgehead atoms. The van der Waals surface area contributed by atoms with Gasteiger partial charge in [0.1, 0.15) is 0 Å². The third-order valence-corrected chi connectivity index (χ3v) is 7.99. The average Bonchev–Trinajstić information content (AvgIpc) is 2.68. The third-order valence-electron chi connectivity index (χ3n) is 4.43. The van der Waals surface area contributed by atoms with E-state index in [0.717, 1.165) is 11.1 Å². The summed E-state index contributed by atoms with van der Waals surface area (Å²) in [4.78, 5) is 25.9. The van der Waals surface area contributed by atoms with Crippen LogP contribution in [0.3, 0.4) is 0 Å². The van der Waals surface area contributed by atoms with Gasteiger partial charge in [0, 0.05) is 11.1 Å². The molecule has 3 aromatic carbocycles. The van der Waals surface area contributed by atoms with Gasteiger partial charge in [-0.15, -0.1) is 0 Å². The van der Waals surface area contributed by atoms with Crippen molar-refractivity contribution in [2.45, 2.75) is 13.8 Å². The molecule has 3 nitrogen and oxygen atoms in total. The first-order valence-electron chi connectivity index (χ1n) is 8.48. The maximum atomic E-state index is 13.2. The highest BCUT2D eigenvalue weighted by molar-refractivity contribution is 9.11. The average molecular weight is 519 g/mol. The highest BCUT2D eigenvalue weighted by Gasteiger charge is 2.39. The van der Waals surface area contributed by atoms with Gasteiger partial charge >= 0.3 is 13.3 Å². The predicted octanol–water partition coefficient (Wildman–Crippen LogP) is 6.35. The van der Waals surface area contributed by atoms with E-state index < -0.39 is 13.3 Å². The zero-order valence-corrected chi connectivity index (χ0v) is 19.3. The molecule has 0 saturated heterocycles. The molecule has 0 N–H and O–H groups in total. The quantitative estimate of drug-likeness (QED) is 0.292. The van der Waals surface area contributed by atoms with Crippen LogP contribution in [0.25, 0.3) is 0 Å². The molecule has 1 unspecified atom stereocenters. The van der Waals surface area contributed by atoms with E-state index in [1.165, 1.54) is 0 Å². The second-order valence-electron chi connectivity index (χ2n) is 6.32. The first-order valence-corrected chi connectivity index (χ1v) is 11.3. The monoisotopic (exact) mass is 517 g/mol. The molecule has 28 heavy (non-hydrogen) atoms. The minimum atomic E-state index is -2.43. The Kier molecular flexibility index (Phi) is 6.39. The molecule has 0 aliphatic carbocycles. The lowest BCUT2D eigenvalue weighted by Crippen LogP contribution is -2.14. The maximum Gasteiger partial charge on any atom is 0.461 e. The smallest absolute Gasteiger partial charge is 0.289 e. The Labute approximate surface area is 181 Å². The molecule has 0 fully saturated rings. The highest BCUT2D eigenvalue weighted by atomic mass is 79.9. The number of halogens is 2.